The summed E-state index contributed by atoms with van der Waals surface area (Å²) in [6.45, 7) is 6.60. The summed E-state index contributed by atoms with van der Waals surface area (Å²) in [7, 11) is 2.10. The van der Waals surface area contributed by atoms with Gasteiger partial charge in [-0.2, -0.15) is 0 Å². The monoisotopic (exact) mass is 251 g/mol. The number of likely N-dealkylation sites (tertiary alicyclic amines) is 1. The second-order valence-corrected chi connectivity index (χ2v) is 4.96. The van der Waals surface area contributed by atoms with E-state index < -0.39 is 0 Å². The molecule has 0 bridgehead atoms. The molecule has 2 rings (SSSR count). The Morgan fingerprint density at radius 1 is 1.44 bits per heavy atom. The van der Waals surface area contributed by atoms with E-state index in [9.17, 15) is 4.79 Å². The third kappa shape index (κ3) is 3.29. The Balaban J connectivity index is 1.71. The van der Waals surface area contributed by atoms with E-state index in [4.69, 9.17) is 0 Å². The molecule has 0 N–H and O–H groups in total. The highest BCUT2D eigenvalue weighted by Crippen LogP contribution is 2.17. The van der Waals surface area contributed by atoms with Crippen LogP contribution in [0.3, 0.4) is 0 Å². The number of hydrogen-bond acceptors (Lipinski definition) is 4. The fraction of sp³-hybridized carbons (Fsp3) is 0.750. The average Bonchev–Trinajstić information content (AvgIpc) is 2.96. The lowest BCUT2D eigenvalue weighted by Crippen LogP contribution is -2.30. The van der Waals surface area contributed by atoms with Gasteiger partial charge in [0.2, 0.25) is 5.91 Å². The van der Waals surface area contributed by atoms with Crippen molar-refractivity contribution < 1.29 is 4.79 Å². The normalized spacial score (nSPS) is 20.1. The lowest BCUT2D eigenvalue weighted by Gasteiger charge is -2.20. The molecule has 18 heavy (non-hydrogen) atoms. The molecule has 0 unspecified atom stereocenters. The number of hydrogen-bond donors (Lipinski definition) is 0. The van der Waals surface area contributed by atoms with Crippen LogP contribution in [-0.2, 0) is 11.3 Å². The van der Waals surface area contributed by atoms with Crippen LogP contribution in [0.5, 0.6) is 0 Å². The van der Waals surface area contributed by atoms with Crippen molar-refractivity contribution >= 4 is 5.91 Å². The predicted molar refractivity (Wildman–Crippen MR) is 67.9 cm³/mol. The van der Waals surface area contributed by atoms with Gasteiger partial charge < -0.3 is 14.4 Å². The van der Waals surface area contributed by atoms with E-state index in [1.807, 2.05) is 16.4 Å². The Morgan fingerprint density at radius 3 is 2.78 bits per heavy atom. The van der Waals surface area contributed by atoms with Crippen LogP contribution >= 0.6 is 0 Å². The van der Waals surface area contributed by atoms with E-state index in [1.165, 1.54) is 0 Å². The molecule has 0 spiro atoms. The van der Waals surface area contributed by atoms with Gasteiger partial charge in [-0.3, -0.25) is 4.79 Å². The van der Waals surface area contributed by atoms with Crippen LogP contribution in [0.25, 0.3) is 0 Å². The Kier molecular flexibility index (Phi) is 4.30. The largest absolute Gasteiger partial charge is 0.343 e. The maximum absolute atomic E-state index is 11.6. The van der Waals surface area contributed by atoms with Crippen LogP contribution in [0, 0.1) is 5.92 Å². The molecule has 0 saturated carbocycles. The van der Waals surface area contributed by atoms with Gasteiger partial charge in [0.05, 0.1) is 0 Å². The number of amides is 1. The summed E-state index contributed by atoms with van der Waals surface area (Å²) in [6, 6.07) is 0. The molecule has 0 aliphatic carbocycles. The van der Waals surface area contributed by atoms with Crippen molar-refractivity contribution in [2.45, 2.75) is 19.9 Å². The standard InChI is InChI=1S/C12H21N5O/c1-3-17-8-11(6-12(17)18)7-15(2)4-5-16-9-13-14-10-16/h9-11H,3-8H2,1-2H3/t11-/m0/s1. The molecule has 1 aromatic heterocycles. The van der Waals surface area contributed by atoms with Crippen molar-refractivity contribution in [2.75, 3.05) is 33.2 Å². The summed E-state index contributed by atoms with van der Waals surface area (Å²) in [5.74, 6) is 0.776. The maximum Gasteiger partial charge on any atom is 0.222 e. The van der Waals surface area contributed by atoms with Gasteiger partial charge in [0, 0.05) is 39.1 Å². The molecular formula is C12H21N5O. The van der Waals surface area contributed by atoms with Gasteiger partial charge in [0.25, 0.3) is 0 Å². The molecule has 0 aromatic carbocycles. The third-order valence-corrected chi connectivity index (χ3v) is 3.45. The van der Waals surface area contributed by atoms with Crippen LogP contribution in [0.15, 0.2) is 12.7 Å². The molecular weight excluding hydrogens is 230 g/mol. The first-order chi connectivity index (χ1) is 8.69. The van der Waals surface area contributed by atoms with E-state index in [1.54, 1.807) is 12.7 Å². The minimum absolute atomic E-state index is 0.301. The first-order valence-corrected chi connectivity index (χ1v) is 6.47. The van der Waals surface area contributed by atoms with Gasteiger partial charge >= 0.3 is 0 Å². The molecule has 2 heterocycles. The van der Waals surface area contributed by atoms with Gasteiger partial charge in [-0.25, -0.2) is 0 Å². The molecule has 1 aliphatic heterocycles. The number of nitrogens with zero attached hydrogens (tertiary/aromatic N) is 5. The quantitative estimate of drug-likeness (QED) is 0.718. The highest BCUT2D eigenvalue weighted by molar-refractivity contribution is 5.78. The van der Waals surface area contributed by atoms with Crippen LogP contribution in [0.2, 0.25) is 0 Å². The summed E-state index contributed by atoms with van der Waals surface area (Å²) in [6.07, 6.45) is 4.16. The van der Waals surface area contributed by atoms with Crippen LogP contribution in [0.1, 0.15) is 13.3 Å². The minimum atomic E-state index is 0.301. The van der Waals surface area contributed by atoms with Crippen LogP contribution < -0.4 is 0 Å². The van der Waals surface area contributed by atoms with Crippen molar-refractivity contribution in [2.24, 2.45) is 5.92 Å². The Labute approximate surface area is 108 Å². The fourth-order valence-electron chi connectivity index (χ4n) is 2.44. The van der Waals surface area contributed by atoms with E-state index in [-0.39, 0.29) is 0 Å². The molecule has 100 valence electrons. The second-order valence-electron chi connectivity index (χ2n) is 4.96. The first-order valence-electron chi connectivity index (χ1n) is 6.47. The topological polar surface area (TPSA) is 54.3 Å². The van der Waals surface area contributed by atoms with Gasteiger partial charge in [0.1, 0.15) is 12.7 Å². The van der Waals surface area contributed by atoms with Crippen molar-refractivity contribution in [3.05, 3.63) is 12.7 Å². The number of rotatable bonds is 6. The molecule has 1 saturated heterocycles. The Bertz CT molecular complexity index is 378. The second kappa shape index (κ2) is 5.95. The highest BCUT2D eigenvalue weighted by atomic mass is 16.2. The number of aromatic nitrogens is 3. The van der Waals surface area contributed by atoms with Crippen molar-refractivity contribution in [1.82, 2.24) is 24.6 Å². The SMILES string of the molecule is CCN1C[C@H](CN(C)CCn2cnnc2)CC1=O. The Morgan fingerprint density at radius 2 is 2.17 bits per heavy atom. The van der Waals surface area contributed by atoms with Gasteiger partial charge in [-0.1, -0.05) is 0 Å². The summed E-state index contributed by atoms with van der Waals surface area (Å²) in [5, 5.41) is 7.55. The third-order valence-electron chi connectivity index (χ3n) is 3.45. The van der Waals surface area contributed by atoms with Crippen molar-refractivity contribution in [1.29, 1.82) is 0 Å². The smallest absolute Gasteiger partial charge is 0.222 e. The summed E-state index contributed by atoms with van der Waals surface area (Å²) < 4.78 is 1.97. The molecule has 0 radical (unpaired) electrons. The van der Waals surface area contributed by atoms with E-state index in [0.29, 0.717) is 18.2 Å². The number of likely N-dealkylation sites (N-methyl/N-ethyl adjacent to an activating group) is 1. The molecule has 6 heteroatoms. The average molecular weight is 251 g/mol. The molecule has 1 amide bonds. The lowest BCUT2D eigenvalue weighted by molar-refractivity contribution is -0.127. The van der Waals surface area contributed by atoms with Crippen LogP contribution in [-0.4, -0.2) is 63.7 Å². The molecule has 1 aliphatic rings. The van der Waals surface area contributed by atoms with Gasteiger partial charge in [-0.15, -0.1) is 10.2 Å². The number of carbonyl (C=O) groups is 1. The first kappa shape index (κ1) is 13.0. The summed E-state index contributed by atoms with van der Waals surface area (Å²) in [5.41, 5.74) is 0. The van der Waals surface area contributed by atoms with Gasteiger partial charge in [-0.05, 0) is 19.9 Å². The zero-order chi connectivity index (χ0) is 13.0. The number of carbonyl (C=O) groups excluding carboxylic acids is 1. The van der Waals surface area contributed by atoms with E-state index in [0.717, 1.165) is 32.7 Å². The van der Waals surface area contributed by atoms with E-state index >= 15 is 0 Å². The van der Waals surface area contributed by atoms with Crippen molar-refractivity contribution in [3.63, 3.8) is 0 Å². The zero-order valence-electron chi connectivity index (χ0n) is 11.1. The lowest BCUT2D eigenvalue weighted by atomic mass is 10.1. The minimum Gasteiger partial charge on any atom is -0.343 e. The highest BCUT2D eigenvalue weighted by Gasteiger charge is 2.28. The van der Waals surface area contributed by atoms with E-state index in [2.05, 4.69) is 22.1 Å². The molecule has 1 atom stereocenters. The predicted octanol–water partition coefficient (Wildman–Crippen LogP) is 0.0783. The molecule has 1 fully saturated rings. The Hall–Kier alpha value is -1.43. The summed E-state index contributed by atoms with van der Waals surface area (Å²) in [4.78, 5) is 15.8. The summed E-state index contributed by atoms with van der Waals surface area (Å²) >= 11 is 0. The fourth-order valence-corrected chi connectivity index (χ4v) is 2.44. The van der Waals surface area contributed by atoms with Crippen molar-refractivity contribution in [3.8, 4) is 0 Å². The maximum atomic E-state index is 11.6. The van der Waals surface area contributed by atoms with Gasteiger partial charge in [0.15, 0.2) is 0 Å². The zero-order valence-corrected chi connectivity index (χ0v) is 11.1. The molecule has 1 aromatic rings. The molecule has 6 nitrogen and oxygen atoms in total. The van der Waals surface area contributed by atoms with Crippen LogP contribution in [0.4, 0.5) is 0 Å².